The lowest BCUT2D eigenvalue weighted by atomic mass is 9.87. The summed E-state index contributed by atoms with van der Waals surface area (Å²) in [7, 11) is 0. The summed E-state index contributed by atoms with van der Waals surface area (Å²) in [6, 6.07) is 11.6. The highest BCUT2D eigenvalue weighted by Gasteiger charge is 2.35. The van der Waals surface area contributed by atoms with E-state index in [1.807, 2.05) is 0 Å². The van der Waals surface area contributed by atoms with Crippen LogP contribution in [-0.4, -0.2) is 30.6 Å². The monoisotopic (exact) mass is 274 g/mol. The average Bonchev–Trinajstić information content (AvgIpc) is 2.46. The summed E-state index contributed by atoms with van der Waals surface area (Å²) < 4.78 is 0. The first kappa shape index (κ1) is 15.5. The van der Waals surface area contributed by atoms with E-state index in [1.54, 1.807) is 0 Å². The van der Waals surface area contributed by atoms with Crippen LogP contribution in [0.2, 0.25) is 0 Å². The van der Waals surface area contributed by atoms with Gasteiger partial charge in [0, 0.05) is 19.1 Å². The fourth-order valence-electron chi connectivity index (χ4n) is 3.15. The van der Waals surface area contributed by atoms with Gasteiger partial charge in [-0.3, -0.25) is 4.90 Å². The molecule has 2 rings (SSSR count). The lowest BCUT2D eigenvalue weighted by molar-refractivity contribution is 0.0788. The number of hydrogen-bond donors (Lipinski definition) is 1. The number of benzene rings is 1. The summed E-state index contributed by atoms with van der Waals surface area (Å²) in [6.45, 7) is 12.7. The van der Waals surface area contributed by atoms with Crippen molar-refractivity contribution in [2.24, 2.45) is 5.92 Å². The van der Waals surface area contributed by atoms with Crippen molar-refractivity contribution in [3.8, 4) is 0 Å². The normalized spacial score (nSPS) is 27.9. The van der Waals surface area contributed by atoms with Crippen molar-refractivity contribution in [2.75, 3.05) is 19.6 Å². The Labute approximate surface area is 124 Å². The Bertz CT molecular complexity index is 401. The Morgan fingerprint density at radius 3 is 2.60 bits per heavy atom. The molecule has 112 valence electrons. The first-order chi connectivity index (χ1) is 9.55. The van der Waals surface area contributed by atoms with Crippen LogP contribution in [0.4, 0.5) is 0 Å². The molecule has 2 unspecified atom stereocenters. The van der Waals surface area contributed by atoms with E-state index in [4.69, 9.17) is 0 Å². The van der Waals surface area contributed by atoms with Crippen molar-refractivity contribution in [1.29, 1.82) is 0 Å². The molecule has 2 atom stereocenters. The molecule has 0 amide bonds. The van der Waals surface area contributed by atoms with Gasteiger partial charge in [-0.2, -0.15) is 0 Å². The minimum atomic E-state index is 0.0872. The van der Waals surface area contributed by atoms with Crippen LogP contribution < -0.4 is 5.32 Å². The fraction of sp³-hybridized carbons (Fsp3) is 0.667. The maximum atomic E-state index is 3.79. The van der Waals surface area contributed by atoms with Crippen molar-refractivity contribution < 1.29 is 0 Å². The molecule has 1 aromatic rings. The molecule has 1 saturated heterocycles. The molecule has 0 spiro atoms. The zero-order valence-corrected chi connectivity index (χ0v) is 13.5. The van der Waals surface area contributed by atoms with E-state index in [0.717, 1.165) is 19.0 Å². The average molecular weight is 274 g/mol. The van der Waals surface area contributed by atoms with E-state index in [9.17, 15) is 0 Å². The van der Waals surface area contributed by atoms with Gasteiger partial charge < -0.3 is 5.32 Å². The van der Waals surface area contributed by atoms with Crippen LogP contribution in [0.3, 0.4) is 0 Å². The number of nitrogens with zero attached hydrogens (tertiary/aromatic N) is 1. The third-order valence-electron chi connectivity index (χ3n) is 4.64. The Kier molecular flexibility index (Phi) is 5.22. The van der Waals surface area contributed by atoms with Crippen molar-refractivity contribution in [3.63, 3.8) is 0 Å². The van der Waals surface area contributed by atoms with Crippen molar-refractivity contribution in [1.82, 2.24) is 10.2 Å². The molecule has 0 aliphatic carbocycles. The maximum Gasteiger partial charge on any atom is 0.0535 e. The Morgan fingerprint density at radius 2 is 2.00 bits per heavy atom. The third kappa shape index (κ3) is 3.62. The number of piperazine rings is 1. The van der Waals surface area contributed by atoms with E-state index < -0.39 is 0 Å². The van der Waals surface area contributed by atoms with Gasteiger partial charge in [0.15, 0.2) is 0 Å². The SMILES string of the molecule is CCC1CNC(C)(c2ccccc2)CN1CCC(C)C. The zero-order valence-electron chi connectivity index (χ0n) is 13.5. The van der Waals surface area contributed by atoms with Gasteiger partial charge in [0.2, 0.25) is 0 Å². The van der Waals surface area contributed by atoms with Gasteiger partial charge in [0.25, 0.3) is 0 Å². The fourth-order valence-corrected chi connectivity index (χ4v) is 3.15. The van der Waals surface area contributed by atoms with Gasteiger partial charge in [-0.25, -0.2) is 0 Å². The molecule has 0 aromatic heterocycles. The maximum absolute atomic E-state index is 3.79. The van der Waals surface area contributed by atoms with Crippen molar-refractivity contribution >= 4 is 0 Å². The second kappa shape index (κ2) is 6.73. The van der Waals surface area contributed by atoms with Gasteiger partial charge >= 0.3 is 0 Å². The smallest absolute Gasteiger partial charge is 0.0535 e. The van der Waals surface area contributed by atoms with E-state index >= 15 is 0 Å². The molecule has 0 saturated carbocycles. The van der Waals surface area contributed by atoms with Crippen LogP contribution in [0.1, 0.15) is 46.1 Å². The zero-order chi connectivity index (χ0) is 14.6. The molecule has 2 heteroatoms. The van der Waals surface area contributed by atoms with Crippen molar-refractivity contribution in [3.05, 3.63) is 35.9 Å². The number of hydrogen-bond acceptors (Lipinski definition) is 2. The molecule has 0 bridgehead atoms. The second-order valence-electron chi connectivity index (χ2n) is 6.79. The second-order valence-corrected chi connectivity index (χ2v) is 6.79. The molecule has 1 aliphatic heterocycles. The highest BCUT2D eigenvalue weighted by atomic mass is 15.2. The van der Waals surface area contributed by atoms with Crippen LogP contribution in [0.5, 0.6) is 0 Å². The van der Waals surface area contributed by atoms with Crippen LogP contribution in [0.15, 0.2) is 30.3 Å². The largest absolute Gasteiger partial charge is 0.305 e. The van der Waals surface area contributed by atoms with Crippen LogP contribution in [0.25, 0.3) is 0 Å². The summed E-state index contributed by atoms with van der Waals surface area (Å²) in [5.74, 6) is 0.783. The molecule has 1 aromatic carbocycles. The minimum Gasteiger partial charge on any atom is -0.305 e. The van der Waals surface area contributed by atoms with E-state index in [0.29, 0.717) is 6.04 Å². The predicted molar refractivity (Wildman–Crippen MR) is 86.9 cm³/mol. The standard InChI is InChI=1S/C18H30N2/c1-5-17-13-19-18(4,16-9-7-6-8-10-16)14-20(17)12-11-15(2)3/h6-10,15,17,19H,5,11-14H2,1-4H3. The molecule has 1 aliphatic rings. The Balaban J connectivity index is 2.10. The molecule has 2 nitrogen and oxygen atoms in total. The molecule has 1 fully saturated rings. The number of nitrogens with one attached hydrogen (secondary N) is 1. The van der Waals surface area contributed by atoms with Gasteiger partial charge in [-0.05, 0) is 37.8 Å². The summed E-state index contributed by atoms with van der Waals surface area (Å²) in [5.41, 5.74) is 1.49. The van der Waals surface area contributed by atoms with Gasteiger partial charge in [-0.15, -0.1) is 0 Å². The molecule has 1 N–H and O–H groups in total. The summed E-state index contributed by atoms with van der Waals surface area (Å²) >= 11 is 0. The van der Waals surface area contributed by atoms with E-state index in [-0.39, 0.29) is 5.54 Å². The predicted octanol–water partition coefficient (Wildman–Crippen LogP) is 3.63. The van der Waals surface area contributed by atoms with Crippen LogP contribution in [-0.2, 0) is 5.54 Å². The molecule has 0 radical (unpaired) electrons. The highest BCUT2D eigenvalue weighted by molar-refractivity contribution is 5.25. The third-order valence-corrected chi connectivity index (χ3v) is 4.64. The topological polar surface area (TPSA) is 15.3 Å². The minimum absolute atomic E-state index is 0.0872. The lowest BCUT2D eigenvalue weighted by Gasteiger charge is -2.46. The highest BCUT2D eigenvalue weighted by Crippen LogP contribution is 2.27. The first-order valence-corrected chi connectivity index (χ1v) is 8.09. The summed E-state index contributed by atoms with van der Waals surface area (Å²) in [5, 5.41) is 3.79. The molecular weight excluding hydrogens is 244 g/mol. The summed E-state index contributed by atoms with van der Waals surface area (Å²) in [4.78, 5) is 2.70. The Morgan fingerprint density at radius 1 is 1.30 bits per heavy atom. The number of rotatable bonds is 5. The van der Waals surface area contributed by atoms with Crippen LogP contribution in [0, 0.1) is 5.92 Å². The van der Waals surface area contributed by atoms with Gasteiger partial charge in [0.1, 0.15) is 0 Å². The molecular formula is C18H30N2. The molecule has 20 heavy (non-hydrogen) atoms. The summed E-state index contributed by atoms with van der Waals surface area (Å²) in [6.07, 6.45) is 2.53. The Hall–Kier alpha value is -0.860. The lowest BCUT2D eigenvalue weighted by Crippen LogP contribution is -2.61. The van der Waals surface area contributed by atoms with E-state index in [2.05, 4.69) is 68.2 Å². The first-order valence-electron chi connectivity index (χ1n) is 8.09. The van der Waals surface area contributed by atoms with Crippen molar-refractivity contribution in [2.45, 2.75) is 52.1 Å². The van der Waals surface area contributed by atoms with E-state index in [1.165, 1.54) is 24.9 Å². The van der Waals surface area contributed by atoms with Crippen LogP contribution >= 0.6 is 0 Å². The molecule has 1 heterocycles. The quantitative estimate of drug-likeness (QED) is 0.882. The van der Waals surface area contributed by atoms with Gasteiger partial charge in [-0.1, -0.05) is 51.1 Å². The van der Waals surface area contributed by atoms with Gasteiger partial charge in [0.05, 0.1) is 5.54 Å².